The first-order valence-electron chi connectivity index (χ1n) is 6.92. The molecule has 1 heterocycles. The fraction of sp³-hybridized carbons (Fsp3) is 0.235. The summed E-state index contributed by atoms with van der Waals surface area (Å²) in [5, 5.41) is 1.37. The van der Waals surface area contributed by atoms with E-state index in [1.165, 1.54) is 0 Å². The Morgan fingerprint density at radius 3 is 1.95 bits per heavy atom. The maximum Gasteiger partial charge on any atom is 0.165 e. The van der Waals surface area contributed by atoms with Crippen LogP contribution in [0.3, 0.4) is 0 Å². The van der Waals surface area contributed by atoms with Crippen LogP contribution in [-0.4, -0.2) is 17.3 Å². The minimum Gasteiger partial charge on any atom is -0.294 e. The summed E-state index contributed by atoms with van der Waals surface area (Å²) in [7, 11) is 0. The second-order valence-corrected chi connectivity index (χ2v) is 8.98. The second kappa shape index (κ2) is 6.88. The maximum atomic E-state index is 12.7. The maximum absolute atomic E-state index is 12.7. The van der Waals surface area contributed by atoms with Crippen molar-refractivity contribution in [2.45, 2.75) is 10.5 Å². The molecule has 0 aromatic heterocycles. The molecule has 0 aliphatic carbocycles. The third-order valence-corrected chi connectivity index (χ3v) is 7.58. The van der Waals surface area contributed by atoms with E-state index in [-0.39, 0.29) is 9.86 Å². The molecule has 0 bridgehead atoms. The Morgan fingerprint density at radius 2 is 1.41 bits per heavy atom. The first-order valence-corrected chi connectivity index (χ1v) is 9.64. The predicted molar refractivity (Wildman–Crippen MR) is 98.4 cm³/mol. The molecule has 1 fully saturated rings. The quantitative estimate of drug-likeness (QED) is 0.625. The van der Waals surface area contributed by atoms with Crippen molar-refractivity contribution in [2.75, 3.05) is 11.5 Å². The summed E-state index contributed by atoms with van der Waals surface area (Å²) in [4.78, 5) is 12.7. The van der Waals surface area contributed by atoms with Crippen LogP contribution in [0.15, 0.2) is 48.5 Å². The molecule has 114 valence electrons. The van der Waals surface area contributed by atoms with E-state index in [1.807, 2.05) is 47.8 Å². The molecule has 22 heavy (non-hydrogen) atoms. The van der Waals surface area contributed by atoms with Crippen molar-refractivity contribution in [1.29, 1.82) is 0 Å². The molecule has 0 N–H and O–H groups in total. The summed E-state index contributed by atoms with van der Waals surface area (Å²) < 4.78 is -0.207. The van der Waals surface area contributed by atoms with Gasteiger partial charge in [-0.3, -0.25) is 4.79 Å². The van der Waals surface area contributed by atoms with Gasteiger partial charge >= 0.3 is 0 Å². The van der Waals surface area contributed by atoms with E-state index >= 15 is 0 Å². The van der Waals surface area contributed by atoms with Crippen LogP contribution in [-0.2, 0) is 4.08 Å². The van der Waals surface area contributed by atoms with Crippen LogP contribution in [0.25, 0.3) is 0 Å². The first kappa shape index (κ1) is 16.3. The van der Waals surface area contributed by atoms with Gasteiger partial charge in [-0.05, 0) is 42.0 Å². The Morgan fingerprint density at radius 1 is 0.909 bits per heavy atom. The molecule has 2 aromatic carbocycles. The molecule has 0 radical (unpaired) electrons. The fourth-order valence-corrected chi connectivity index (χ4v) is 5.96. The molecule has 0 unspecified atom stereocenters. The molecule has 2 aromatic rings. The summed E-state index contributed by atoms with van der Waals surface area (Å²) in [6, 6.07) is 15.0. The lowest BCUT2D eigenvalue weighted by Gasteiger charge is -2.27. The van der Waals surface area contributed by atoms with Crippen molar-refractivity contribution in [3.05, 3.63) is 69.7 Å². The largest absolute Gasteiger partial charge is 0.294 e. The van der Waals surface area contributed by atoms with Crippen LogP contribution in [0.2, 0.25) is 10.0 Å². The molecule has 0 saturated carbocycles. The fourth-order valence-electron chi connectivity index (χ4n) is 2.48. The molecule has 1 aliphatic heterocycles. The van der Waals surface area contributed by atoms with Crippen LogP contribution >= 0.6 is 46.7 Å². The number of ketones is 1. The lowest BCUT2D eigenvalue weighted by molar-refractivity contribution is 0.0979. The molecule has 3 rings (SSSR count). The van der Waals surface area contributed by atoms with Crippen LogP contribution in [0.1, 0.15) is 22.3 Å². The molecule has 5 heteroatoms. The van der Waals surface area contributed by atoms with Crippen molar-refractivity contribution in [3.8, 4) is 0 Å². The number of rotatable bonds is 4. The highest BCUT2D eigenvalue weighted by Gasteiger charge is 2.39. The van der Waals surface area contributed by atoms with E-state index in [9.17, 15) is 4.79 Å². The molecule has 0 atom stereocenters. The number of benzene rings is 2. The van der Waals surface area contributed by atoms with Crippen LogP contribution in [0.5, 0.6) is 0 Å². The summed E-state index contributed by atoms with van der Waals surface area (Å²) in [5.74, 6) is 2.26. The Balaban J connectivity index is 1.87. The van der Waals surface area contributed by atoms with E-state index in [0.29, 0.717) is 17.0 Å². The molecular weight excluding hydrogens is 355 g/mol. The van der Waals surface area contributed by atoms with E-state index in [1.54, 1.807) is 24.3 Å². The highest BCUT2D eigenvalue weighted by Crippen LogP contribution is 2.54. The van der Waals surface area contributed by atoms with Crippen molar-refractivity contribution in [1.82, 2.24) is 0 Å². The van der Waals surface area contributed by atoms with Gasteiger partial charge in [-0.1, -0.05) is 35.3 Å². The minimum atomic E-state index is -0.207. The number of hydrogen-bond donors (Lipinski definition) is 0. The van der Waals surface area contributed by atoms with Gasteiger partial charge in [0.25, 0.3) is 0 Å². The Bertz CT molecular complexity index is 662. The van der Waals surface area contributed by atoms with Gasteiger partial charge in [0.05, 0.1) is 4.08 Å². The van der Waals surface area contributed by atoms with Gasteiger partial charge in [0, 0.05) is 33.5 Å². The van der Waals surface area contributed by atoms with Gasteiger partial charge in [-0.25, -0.2) is 0 Å². The third-order valence-electron chi connectivity index (χ3n) is 3.60. The SMILES string of the molecule is O=C(CC1(c2ccc(Cl)cc2)SCCS1)c1ccc(Cl)cc1. The zero-order chi connectivity index (χ0) is 15.6. The summed E-state index contributed by atoms with van der Waals surface area (Å²) in [6.45, 7) is 0. The van der Waals surface area contributed by atoms with Crippen LogP contribution in [0, 0.1) is 0 Å². The highest BCUT2D eigenvalue weighted by molar-refractivity contribution is 8.20. The summed E-state index contributed by atoms with van der Waals surface area (Å²) in [6.07, 6.45) is 0.478. The Kier molecular flexibility index (Phi) is 5.08. The molecule has 1 aliphatic rings. The van der Waals surface area contributed by atoms with E-state index in [4.69, 9.17) is 23.2 Å². The predicted octanol–water partition coefficient (Wildman–Crippen LogP) is 5.90. The topological polar surface area (TPSA) is 17.1 Å². The lowest BCUT2D eigenvalue weighted by Crippen LogP contribution is -2.20. The first-order chi connectivity index (χ1) is 10.6. The van der Waals surface area contributed by atoms with Gasteiger partial charge in [0.15, 0.2) is 5.78 Å². The Hall–Kier alpha value is -0.610. The van der Waals surface area contributed by atoms with Crippen molar-refractivity contribution in [2.24, 2.45) is 0 Å². The van der Waals surface area contributed by atoms with Gasteiger partial charge in [-0.2, -0.15) is 0 Å². The van der Waals surface area contributed by atoms with E-state index in [0.717, 1.165) is 22.1 Å². The monoisotopic (exact) mass is 368 g/mol. The molecule has 1 nitrogen and oxygen atoms in total. The van der Waals surface area contributed by atoms with Gasteiger partial charge in [-0.15, -0.1) is 23.5 Å². The van der Waals surface area contributed by atoms with Crippen LogP contribution in [0.4, 0.5) is 0 Å². The normalized spacial score (nSPS) is 16.6. The molecule has 0 spiro atoms. The lowest BCUT2D eigenvalue weighted by atomic mass is 10.0. The minimum absolute atomic E-state index is 0.147. The third kappa shape index (κ3) is 3.48. The molecular formula is C17H14Cl2OS2. The van der Waals surface area contributed by atoms with Gasteiger partial charge < -0.3 is 0 Å². The molecule has 1 saturated heterocycles. The number of halogens is 2. The number of carbonyl (C=O) groups excluding carboxylic acids is 1. The average molecular weight is 369 g/mol. The van der Waals surface area contributed by atoms with Crippen LogP contribution < -0.4 is 0 Å². The molecule has 0 amide bonds. The second-order valence-electron chi connectivity index (χ2n) is 5.06. The standard InChI is InChI=1S/C17H14Cl2OS2/c18-14-5-1-12(2-6-14)16(20)11-17(21-9-10-22-17)13-3-7-15(19)8-4-13/h1-8H,9-11H2. The van der Waals surface area contributed by atoms with E-state index < -0.39 is 0 Å². The number of Topliss-reactive ketones (excluding diaryl/α,β-unsaturated/α-hetero) is 1. The van der Waals surface area contributed by atoms with Gasteiger partial charge in [0.1, 0.15) is 0 Å². The zero-order valence-corrected chi connectivity index (χ0v) is 14.9. The van der Waals surface area contributed by atoms with Crippen molar-refractivity contribution < 1.29 is 4.79 Å². The zero-order valence-electron chi connectivity index (χ0n) is 11.7. The summed E-state index contributed by atoms with van der Waals surface area (Å²) in [5.41, 5.74) is 1.87. The number of hydrogen-bond acceptors (Lipinski definition) is 3. The van der Waals surface area contributed by atoms with E-state index in [2.05, 4.69) is 0 Å². The highest BCUT2D eigenvalue weighted by atomic mass is 35.5. The summed E-state index contributed by atoms with van der Waals surface area (Å²) >= 11 is 15.6. The number of thioether (sulfide) groups is 2. The number of carbonyl (C=O) groups is 1. The smallest absolute Gasteiger partial charge is 0.165 e. The Labute approximate surface area is 148 Å². The average Bonchev–Trinajstić information content (AvgIpc) is 2.98. The van der Waals surface area contributed by atoms with Crippen molar-refractivity contribution >= 4 is 52.5 Å². The van der Waals surface area contributed by atoms with Crippen molar-refractivity contribution in [3.63, 3.8) is 0 Å². The van der Waals surface area contributed by atoms with Gasteiger partial charge in [0.2, 0.25) is 0 Å².